The zero-order valence-corrected chi connectivity index (χ0v) is 10.6. The summed E-state index contributed by atoms with van der Waals surface area (Å²) in [5.41, 5.74) is 0. The number of hydrogen-bond acceptors (Lipinski definition) is 4. The van der Waals surface area contributed by atoms with Gasteiger partial charge in [-0.1, -0.05) is 18.2 Å². The summed E-state index contributed by atoms with van der Waals surface area (Å²) in [5, 5.41) is 8.34. The van der Waals surface area contributed by atoms with Crippen LogP contribution in [0.4, 0.5) is 0 Å². The Labute approximate surface area is 109 Å². The number of aliphatic carboxylic acids is 1. The van der Waals surface area contributed by atoms with Crippen molar-refractivity contribution in [3.8, 4) is 0 Å². The summed E-state index contributed by atoms with van der Waals surface area (Å²) < 4.78 is 5.18. The molecule has 2 atom stereocenters. The van der Waals surface area contributed by atoms with Crippen LogP contribution in [-0.4, -0.2) is 47.0 Å². The Hall–Kier alpha value is -1.53. The molecule has 2 unspecified atom stereocenters. The van der Waals surface area contributed by atoms with Crippen LogP contribution in [0.2, 0.25) is 0 Å². The maximum Gasteiger partial charge on any atom is 0.323 e. The molecule has 1 aliphatic rings. The fourth-order valence-electron chi connectivity index (χ4n) is 1.81. The SMILES string of the molecule is COC1C(Sc2ccccc2)C(=O)N1CC(=O)O. The topological polar surface area (TPSA) is 66.8 Å². The van der Waals surface area contributed by atoms with Gasteiger partial charge in [0.05, 0.1) is 0 Å². The van der Waals surface area contributed by atoms with E-state index in [1.165, 1.54) is 23.8 Å². The van der Waals surface area contributed by atoms with E-state index in [-0.39, 0.29) is 17.7 Å². The summed E-state index contributed by atoms with van der Waals surface area (Å²) in [5.74, 6) is -1.23. The number of methoxy groups -OCH3 is 1. The molecule has 1 aromatic rings. The lowest BCUT2D eigenvalue weighted by Gasteiger charge is -2.44. The molecule has 1 fully saturated rings. The number of carboxylic acids is 1. The van der Waals surface area contributed by atoms with E-state index in [9.17, 15) is 9.59 Å². The Morgan fingerprint density at radius 2 is 2.11 bits per heavy atom. The minimum atomic E-state index is -1.03. The number of ether oxygens (including phenoxy) is 1. The van der Waals surface area contributed by atoms with E-state index < -0.39 is 12.2 Å². The van der Waals surface area contributed by atoms with E-state index >= 15 is 0 Å². The number of rotatable bonds is 5. The van der Waals surface area contributed by atoms with Gasteiger partial charge >= 0.3 is 5.97 Å². The zero-order valence-electron chi connectivity index (χ0n) is 9.78. The monoisotopic (exact) mass is 267 g/mol. The molecule has 6 heteroatoms. The lowest BCUT2D eigenvalue weighted by molar-refractivity contribution is -0.172. The van der Waals surface area contributed by atoms with E-state index in [2.05, 4.69) is 0 Å². The van der Waals surface area contributed by atoms with Crippen LogP contribution in [0, 0.1) is 0 Å². The first-order valence-corrected chi connectivity index (χ1v) is 6.28. The molecule has 0 spiro atoms. The van der Waals surface area contributed by atoms with Gasteiger partial charge in [0.25, 0.3) is 0 Å². The average Bonchev–Trinajstić information content (AvgIpc) is 2.37. The maximum atomic E-state index is 11.8. The van der Waals surface area contributed by atoms with E-state index in [4.69, 9.17) is 9.84 Å². The first-order chi connectivity index (χ1) is 8.63. The Kier molecular flexibility index (Phi) is 3.88. The van der Waals surface area contributed by atoms with Crippen molar-refractivity contribution >= 4 is 23.6 Å². The third-order valence-corrected chi connectivity index (χ3v) is 3.88. The number of thioether (sulfide) groups is 1. The predicted molar refractivity (Wildman–Crippen MR) is 66.2 cm³/mol. The van der Waals surface area contributed by atoms with Gasteiger partial charge in [-0.15, -0.1) is 11.8 Å². The largest absolute Gasteiger partial charge is 0.480 e. The van der Waals surface area contributed by atoms with E-state index in [0.29, 0.717) is 0 Å². The smallest absolute Gasteiger partial charge is 0.323 e. The minimum absolute atomic E-state index is 0.196. The van der Waals surface area contributed by atoms with E-state index in [1.54, 1.807) is 0 Å². The van der Waals surface area contributed by atoms with Crippen LogP contribution in [0.3, 0.4) is 0 Å². The number of amides is 1. The molecule has 0 saturated carbocycles. The standard InChI is InChI=1S/C12H13NO4S/c1-17-12-10(11(16)13(12)7-9(14)15)18-8-5-3-2-4-6-8/h2-6,10,12H,7H2,1H3,(H,14,15). The first-order valence-electron chi connectivity index (χ1n) is 5.40. The third-order valence-electron chi connectivity index (χ3n) is 2.65. The number of nitrogens with zero attached hydrogens (tertiary/aromatic N) is 1. The molecule has 1 heterocycles. The molecule has 0 radical (unpaired) electrons. The molecule has 1 N–H and O–H groups in total. The van der Waals surface area contributed by atoms with Crippen LogP contribution in [0.25, 0.3) is 0 Å². The van der Waals surface area contributed by atoms with Crippen LogP contribution < -0.4 is 0 Å². The highest BCUT2D eigenvalue weighted by Crippen LogP contribution is 2.35. The van der Waals surface area contributed by atoms with Gasteiger partial charge in [0, 0.05) is 12.0 Å². The van der Waals surface area contributed by atoms with Gasteiger partial charge in [0.2, 0.25) is 5.91 Å². The molecule has 5 nitrogen and oxygen atoms in total. The summed E-state index contributed by atoms with van der Waals surface area (Å²) in [6.45, 7) is -0.316. The number of benzene rings is 1. The van der Waals surface area contributed by atoms with Crippen LogP contribution in [0.15, 0.2) is 35.2 Å². The summed E-state index contributed by atoms with van der Waals surface area (Å²) >= 11 is 1.39. The third kappa shape index (κ3) is 2.49. The first kappa shape index (κ1) is 12.9. The van der Waals surface area contributed by atoms with Crippen molar-refractivity contribution in [1.29, 1.82) is 0 Å². The summed E-state index contributed by atoms with van der Waals surface area (Å²) in [4.78, 5) is 24.6. The van der Waals surface area contributed by atoms with Gasteiger partial charge in [-0.05, 0) is 12.1 Å². The molecular formula is C12H13NO4S. The Bertz CT molecular complexity index is 451. The number of carbonyl (C=O) groups excluding carboxylic acids is 1. The Morgan fingerprint density at radius 1 is 1.44 bits per heavy atom. The highest BCUT2D eigenvalue weighted by atomic mass is 32.2. The number of likely N-dealkylation sites (tertiary alicyclic amines) is 1. The summed E-state index contributed by atoms with van der Waals surface area (Å²) in [6.07, 6.45) is -0.473. The lowest BCUT2D eigenvalue weighted by Crippen LogP contribution is -2.65. The Morgan fingerprint density at radius 3 is 2.67 bits per heavy atom. The van der Waals surface area contributed by atoms with Crippen LogP contribution in [0.5, 0.6) is 0 Å². The Balaban J connectivity index is 2.02. The molecule has 1 aliphatic heterocycles. The van der Waals surface area contributed by atoms with Gasteiger partial charge in [0.1, 0.15) is 11.8 Å². The quantitative estimate of drug-likeness (QED) is 0.808. The normalized spacial score (nSPS) is 22.7. The van der Waals surface area contributed by atoms with Crippen molar-refractivity contribution in [1.82, 2.24) is 4.90 Å². The predicted octanol–water partition coefficient (Wildman–Crippen LogP) is 1.05. The van der Waals surface area contributed by atoms with Crippen molar-refractivity contribution in [2.75, 3.05) is 13.7 Å². The molecule has 1 amide bonds. The van der Waals surface area contributed by atoms with Gasteiger partial charge < -0.3 is 14.7 Å². The summed E-state index contributed by atoms with van der Waals surface area (Å²) in [7, 11) is 1.48. The fraction of sp³-hybridized carbons (Fsp3) is 0.333. The second-order valence-electron chi connectivity index (χ2n) is 3.84. The van der Waals surface area contributed by atoms with Crippen molar-refractivity contribution in [2.24, 2.45) is 0 Å². The average molecular weight is 267 g/mol. The second-order valence-corrected chi connectivity index (χ2v) is 5.05. The molecule has 1 aromatic carbocycles. The van der Waals surface area contributed by atoms with Crippen molar-refractivity contribution in [3.63, 3.8) is 0 Å². The second kappa shape index (κ2) is 5.41. The van der Waals surface area contributed by atoms with Gasteiger partial charge in [-0.3, -0.25) is 9.59 Å². The van der Waals surface area contributed by atoms with E-state index in [0.717, 1.165) is 4.90 Å². The van der Waals surface area contributed by atoms with E-state index in [1.807, 2.05) is 30.3 Å². The van der Waals surface area contributed by atoms with Crippen molar-refractivity contribution in [2.45, 2.75) is 16.4 Å². The molecule has 0 aliphatic carbocycles. The molecule has 96 valence electrons. The van der Waals surface area contributed by atoms with Crippen molar-refractivity contribution < 1.29 is 19.4 Å². The van der Waals surface area contributed by atoms with Gasteiger partial charge in [-0.25, -0.2) is 0 Å². The zero-order chi connectivity index (χ0) is 13.1. The number of carbonyl (C=O) groups is 2. The summed E-state index contributed by atoms with van der Waals surface area (Å²) in [6, 6.07) is 9.50. The van der Waals surface area contributed by atoms with Crippen LogP contribution in [-0.2, 0) is 14.3 Å². The van der Waals surface area contributed by atoms with Crippen molar-refractivity contribution in [3.05, 3.63) is 30.3 Å². The molecule has 0 aromatic heterocycles. The van der Waals surface area contributed by atoms with Gasteiger partial charge in [-0.2, -0.15) is 0 Å². The number of β-lactam (4-membered cyclic amide) rings is 1. The maximum absolute atomic E-state index is 11.8. The molecule has 1 saturated heterocycles. The molecule has 2 rings (SSSR count). The van der Waals surface area contributed by atoms with Gasteiger partial charge in [0.15, 0.2) is 6.23 Å². The highest BCUT2D eigenvalue weighted by molar-refractivity contribution is 8.00. The van der Waals surface area contributed by atoms with Crippen LogP contribution in [0.1, 0.15) is 0 Å². The molecular weight excluding hydrogens is 254 g/mol. The van der Waals surface area contributed by atoms with Crippen LogP contribution >= 0.6 is 11.8 Å². The fourth-order valence-corrected chi connectivity index (χ4v) is 3.03. The number of hydrogen-bond donors (Lipinski definition) is 1. The number of carboxylic acid groups (broad SMARTS) is 1. The molecule has 18 heavy (non-hydrogen) atoms. The highest BCUT2D eigenvalue weighted by Gasteiger charge is 2.49. The lowest BCUT2D eigenvalue weighted by atomic mass is 10.1. The molecule has 0 bridgehead atoms. The minimum Gasteiger partial charge on any atom is -0.480 e.